The molecule has 1 heterocycles. The fourth-order valence-corrected chi connectivity index (χ4v) is 4.78. The fourth-order valence-electron chi connectivity index (χ4n) is 3.16. The Labute approximate surface area is 221 Å². The molecule has 2 aromatic rings. The van der Waals surface area contributed by atoms with Crippen molar-refractivity contribution in [1.29, 1.82) is 5.26 Å². The number of ether oxygens (including phenoxy) is 3. The minimum absolute atomic E-state index is 0.180. The van der Waals surface area contributed by atoms with Gasteiger partial charge in [0.15, 0.2) is 11.5 Å². The summed E-state index contributed by atoms with van der Waals surface area (Å²) in [5, 5.41) is 8.74. The van der Waals surface area contributed by atoms with E-state index in [-0.39, 0.29) is 11.5 Å². The highest BCUT2D eigenvalue weighted by Crippen LogP contribution is 2.37. The number of rotatable bonds is 7. The highest BCUT2D eigenvalue weighted by atomic mass is 127. The van der Waals surface area contributed by atoms with Crippen LogP contribution in [0.2, 0.25) is 0 Å². The van der Waals surface area contributed by atoms with Gasteiger partial charge in [-0.05, 0) is 85.0 Å². The van der Waals surface area contributed by atoms with E-state index in [0.29, 0.717) is 22.6 Å². The molecule has 1 aliphatic rings. The summed E-state index contributed by atoms with van der Waals surface area (Å²) in [6.07, 6.45) is 1.57. The van der Waals surface area contributed by atoms with Gasteiger partial charge >= 0.3 is 5.97 Å². The minimum Gasteiger partial charge on any atom is -0.493 e. The van der Waals surface area contributed by atoms with Crippen LogP contribution in [0.3, 0.4) is 0 Å². The smallest absolute Gasteiger partial charge is 0.326 e. The Morgan fingerprint density at radius 1 is 1.23 bits per heavy atom. The number of hydrogen-bond acceptors (Lipinski definition) is 8. The van der Waals surface area contributed by atoms with E-state index in [2.05, 4.69) is 28.7 Å². The van der Waals surface area contributed by atoms with Crippen LogP contribution in [-0.4, -0.2) is 41.3 Å². The summed E-state index contributed by atoms with van der Waals surface area (Å²) in [6.45, 7) is 4.87. The van der Waals surface area contributed by atoms with Crippen LogP contribution in [0.4, 0.5) is 4.79 Å². The maximum Gasteiger partial charge on any atom is 0.326 e. The second-order valence-electron chi connectivity index (χ2n) is 8.45. The number of halogens is 1. The van der Waals surface area contributed by atoms with Crippen molar-refractivity contribution >= 4 is 57.5 Å². The first-order chi connectivity index (χ1) is 16.5. The zero-order valence-electron chi connectivity index (χ0n) is 19.6. The number of methoxy groups -OCH3 is 1. The number of carbonyl (C=O) groups excluding carboxylic acids is 3. The molecule has 0 spiro atoms. The average molecular weight is 606 g/mol. The lowest BCUT2D eigenvalue weighted by Crippen LogP contribution is -2.37. The molecule has 8 nitrogen and oxygen atoms in total. The fraction of sp³-hybridized carbons (Fsp3) is 0.280. The van der Waals surface area contributed by atoms with E-state index in [1.165, 1.54) is 7.11 Å². The summed E-state index contributed by atoms with van der Waals surface area (Å²) in [5.41, 5.74) is 1.18. The standard InChI is InChI=1S/C25H23IN2O6S/c1-25(2,3)34-21(29)13-28-23(30)20(35-24(28)31)11-15-9-18(26)22(19(10-15)32-4)33-14-17-8-6-5-7-16(17)12-27/h5-11H,13-14H2,1-4H3. The molecule has 182 valence electrons. The second-order valence-corrected chi connectivity index (χ2v) is 10.6. The number of amides is 2. The van der Waals surface area contributed by atoms with Gasteiger partial charge in [-0.3, -0.25) is 19.3 Å². The zero-order chi connectivity index (χ0) is 25.8. The molecule has 0 aliphatic carbocycles. The number of imide groups is 1. The van der Waals surface area contributed by atoms with E-state index in [1.807, 2.05) is 12.1 Å². The third kappa shape index (κ3) is 6.76. The SMILES string of the molecule is COc1cc(C=C2SC(=O)N(CC(=O)OC(C)(C)C)C2=O)cc(I)c1OCc1ccccc1C#N. The first-order valence-electron chi connectivity index (χ1n) is 10.5. The quantitative estimate of drug-likeness (QED) is 0.243. The molecule has 3 rings (SSSR count). The summed E-state index contributed by atoms with van der Waals surface area (Å²) in [7, 11) is 1.50. The van der Waals surface area contributed by atoms with E-state index in [0.717, 1.165) is 25.8 Å². The molecule has 10 heteroatoms. The Balaban J connectivity index is 1.79. The molecule has 0 bridgehead atoms. The predicted octanol–water partition coefficient (Wildman–Crippen LogP) is 5.13. The number of benzene rings is 2. The van der Waals surface area contributed by atoms with Crippen LogP contribution < -0.4 is 9.47 Å². The van der Waals surface area contributed by atoms with Crippen LogP contribution in [0.25, 0.3) is 6.08 Å². The number of thioether (sulfide) groups is 1. The highest BCUT2D eigenvalue weighted by molar-refractivity contribution is 14.1. The van der Waals surface area contributed by atoms with Crippen LogP contribution in [0, 0.1) is 14.9 Å². The molecule has 35 heavy (non-hydrogen) atoms. The van der Waals surface area contributed by atoms with E-state index in [9.17, 15) is 19.6 Å². The lowest BCUT2D eigenvalue weighted by Gasteiger charge is -2.21. The van der Waals surface area contributed by atoms with Gasteiger partial charge in [-0.1, -0.05) is 18.2 Å². The zero-order valence-corrected chi connectivity index (χ0v) is 22.6. The Morgan fingerprint density at radius 3 is 2.60 bits per heavy atom. The van der Waals surface area contributed by atoms with Gasteiger partial charge in [0.05, 0.1) is 27.2 Å². The van der Waals surface area contributed by atoms with Crippen LogP contribution >= 0.6 is 34.4 Å². The van der Waals surface area contributed by atoms with Crippen molar-refractivity contribution in [3.8, 4) is 17.6 Å². The van der Waals surface area contributed by atoms with E-state index >= 15 is 0 Å². The highest BCUT2D eigenvalue weighted by Gasteiger charge is 2.37. The molecule has 0 aromatic heterocycles. The first kappa shape index (κ1) is 26.6. The van der Waals surface area contributed by atoms with E-state index in [4.69, 9.17) is 14.2 Å². The summed E-state index contributed by atoms with van der Waals surface area (Å²) in [5.74, 6) is -0.286. The van der Waals surface area contributed by atoms with Gasteiger partial charge < -0.3 is 14.2 Å². The number of nitriles is 1. The molecule has 1 fully saturated rings. The lowest BCUT2D eigenvalue weighted by molar-refractivity contribution is -0.156. The maximum atomic E-state index is 12.8. The van der Waals surface area contributed by atoms with Crippen molar-refractivity contribution in [2.75, 3.05) is 13.7 Å². The summed E-state index contributed by atoms with van der Waals surface area (Å²) in [4.78, 5) is 38.3. The molecular weight excluding hydrogens is 583 g/mol. The van der Waals surface area contributed by atoms with Crippen molar-refractivity contribution in [3.05, 3.63) is 61.6 Å². The normalized spacial score (nSPS) is 14.7. The molecular formula is C25H23IN2O6S. The molecule has 2 aromatic carbocycles. The van der Waals surface area contributed by atoms with Crippen molar-refractivity contribution in [2.45, 2.75) is 33.0 Å². The molecule has 0 saturated carbocycles. The Hall–Kier alpha value is -3.04. The van der Waals surface area contributed by atoms with Crippen LogP contribution in [0.1, 0.15) is 37.5 Å². The topological polar surface area (TPSA) is 106 Å². The maximum absolute atomic E-state index is 12.8. The van der Waals surface area contributed by atoms with Crippen molar-refractivity contribution in [2.24, 2.45) is 0 Å². The predicted molar refractivity (Wildman–Crippen MR) is 140 cm³/mol. The van der Waals surface area contributed by atoms with Crippen LogP contribution in [0.5, 0.6) is 11.5 Å². The minimum atomic E-state index is -0.720. The molecule has 0 unspecified atom stereocenters. The van der Waals surface area contributed by atoms with Crippen LogP contribution in [-0.2, 0) is 20.9 Å². The molecule has 1 aliphatic heterocycles. The van der Waals surface area contributed by atoms with Crippen molar-refractivity contribution in [3.63, 3.8) is 0 Å². The summed E-state index contributed by atoms with van der Waals surface area (Å²) < 4.78 is 17.4. The van der Waals surface area contributed by atoms with Gasteiger partial charge in [0.2, 0.25) is 0 Å². The van der Waals surface area contributed by atoms with E-state index in [1.54, 1.807) is 51.1 Å². The molecule has 2 amide bonds. The third-order valence-corrected chi connectivity index (χ3v) is 6.35. The lowest BCUT2D eigenvalue weighted by atomic mass is 10.1. The Kier molecular flexibility index (Phi) is 8.45. The van der Waals surface area contributed by atoms with Crippen LogP contribution in [0.15, 0.2) is 41.3 Å². The number of esters is 1. The van der Waals surface area contributed by atoms with E-state index < -0.39 is 29.3 Å². The van der Waals surface area contributed by atoms with Crippen molar-refractivity contribution < 1.29 is 28.6 Å². The second kappa shape index (κ2) is 11.1. The Bertz CT molecular complexity index is 1250. The first-order valence-corrected chi connectivity index (χ1v) is 12.4. The third-order valence-electron chi connectivity index (χ3n) is 4.64. The number of nitrogens with zero attached hydrogens (tertiary/aromatic N) is 2. The summed E-state index contributed by atoms with van der Waals surface area (Å²) in [6, 6.07) is 12.8. The monoisotopic (exact) mass is 606 g/mol. The summed E-state index contributed by atoms with van der Waals surface area (Å²) >= 11 is 2.85. The Morgan fingerprint density at radius 2 is 1.94 bits per heavy atom. The average Bonchev–Trinajstić information content (AvgIpc) is 3.04. The van der Waals surface area contributed by atoms with Gasteiger partial charge in [-0.2, -0.15) is 5.26 Å². The molecule has 0 radical (unpaired) electrons. The molecule has 0 N–H and O–H groups in total. The number of carbonyl (C=O) groups is 3. The van der Waals surface area contributed by atoms with Gasteiger partial charge in [0, 0.05) is 5.56 Å². The van der Waals surface area contributed by atoms with Gasteiger partial charge in [0.25, 0.3) is 11.1 Å². The largest absolute Gasteiger partial charge is 0.493 e. The van der Waals surface area contributed by atoms with Crippen molar-refractivity contribution in [1.82, 2.24) is 4.90 Å². The van der Waals surface area contributed by atoms with Gasteiger partial charge in [0.1, 0.15) is 18.8 Å². The molecule has 1 saturated heterocycles. The molecule has 0 atom stereocenters. The van der Waals surface area contributed by atoms with Gasteiger partial charge in [-0.15, -0.1) is 0 Å². The van der Waals surface area contributed by atoms with Gasteiger partial charge in [-0.25, -0.2) is 0 Å². The number of hydrogen-bond donors (Lipinski definition) is 0.